The minimum Gasteiger partial charge on any atom is -0.378 e. The highest BCUT2D eigenvalue weighted by molar-refractivity contribution is 7.91. The van der Waals surface area contributed by atoms with Crippen molar-refractivity contribution < 1.29 is 22.7 Å². The second kappa shape index (κ2) is 8.15. The van der Waals surface area contributed by atoms with Crippen LogP contribution in [0.1, 0.15) is 26.7 Å². The molecule has 0 aromatic carbocycles. The third-order valence-electron chi connectivity index (χ3n) is 4.66. The lowest BCUT2D eigenvalue weighted by atomic mass is 9.97. The molecule has 2 saturated heterocycles. The number of amides is 3. The Bertz CT molecular complexity index is 559. The average molecular weight is 361 g/mol. The molecule has 0 aliphatic carbocycles. The van der Waals surface area contributed by atoms with Crippen molar-refractivity contribution in [1.82, 2.24) is 15.5 Å². The summed E-state index contributed by atoms with van der Waals surface area (Å²) < 4.78 is 28.2. The molecular weight excluding hydrogens is 334 g/mol. The van der Waals surface area contributed by atoms with Crippen LogP contribution in [0, 0.1) is 5.92 Å². The molecule has 3 atom stereocenters. The number of nitrogens with zero attached hydrogens (tertiary/aromatic N) is 1. The van der Waals surface area contributed by atoms with Crippen molar-refractivity contribution in [1.29, 1.82) is 0 Å². The van der Waals surface area contributed by atoms with Gasteiger partial charge in [0.2, 0.25) is 5.91 Å². The SMILES string of the molecule is CC[C@H](C)[C@@H](NC(=O)NC1CCS(=O)(=O)C1)C(=O)N1CCOCC1. The molecule has 2 rings (SSSR count). The van der Waals surface area contributed by atoms with Crippen LogP contribution in [0.15, 0.2) is 0 Å². The molecule has 2 aliphatic rings. The van der Waals surface area contributed by atoms with Crippen molar-refractivity contribution in [3.8, 4) is 0 Å². The highest BCUT2D eigenvalue weighted by Gasteiger charge is 2.33. The standard InChI is InChI=1S/C15H27N3O5S/c1-3-11(2)13(14(19)18-5-7-23-8-6-18)17-15(20)16-12-4-9-24(21,22)10-12/h11-13H,3-10H2,1-2H3,(H2,16,17,20)/t11-,12?,13+/m0/s1. The molecule has 0 aromatic rings. The van der Waals surface area contributed by atoms with Gasteiger partial charge < -0.3 is 20.3 Å². The number of carbonyl (C=O) groups excluding carboxylic acids is 2. The second-order valence-corrected chi connectivity index (χ2v) is 8.75. The summed E-state index contributed by atoms with van der Waals surface area (Å²) in [6.07, 6.45) is 1.17. The van der Waals surface area contributed by atoms with E-state index < -0.39 is 21.9 Å². The molecular formula is C15H27N3O5S. The molecule has 1 unspecified atom stereocenters. The first-order valence-corrected chi connectivity index (χ1v) is 10.3. The summed E-state index contributed by atoms with van der Waals surface area (Å²) in [5, 5.41) is 5.42. The molecule has 2 fully saturated rings. The van der Waals surface area contributed by atoms with Crippen LogP contribution in [-0.4, -0.2) is 75.1 Å². The Morgan fingerprint density at radius 1 is 1.29 bits per heavy atom. The predicted molar refractivity (Wildman–Crippen MR) is 89.4 cm³/mol. The van der Waals surface area contributed by atoms with Gasteiger partial charge in [-0.15, -0.1) is 0 Å². The number of ether oxygens (including phenoxy) is 1. The van der Waals surface area contributed by atoms with Crippen LogP contribution in [0.2, 0.25) is 0 Å². The summed E-state index contributed by atoms with van der Waals surface area (Å²) in [6, 6.07) is -1.49. The number of morpholine rings is 1. The minimum absolute atomic E-state index is 0.0154. The van der Waals surface area contributed by atoms with Gasteiger partial charge in [-0.25, -0.2) is 13.2 Å². The molecule has 9 heteroatoms. The van der Waals surface area contributed by atoms with Gasteiger partial charge in [0, 0.05) is 19.1 Å². The van der Waals surface area contributed by atoms with Gasteiger partial charge in [0.15, 0.2) is 9.84 Å². The van der Waals surface area contributed by atoms with E-state index in [9.17, 15) is 18.0 Å². The quantitative estimate of drug-likeness (QED) is 0.702. The molecule has 0 bridgehead atoms. The number of carbonyl (C=O) groups is 2. The fourth-order valence-electron chi connectivity index (χ4n) is 2.94. The van der Waals surface area contributed by atoms with E-state index >= 15 is 0 Å². The molecule has 0 radical (unpaired) electrons. The van der Waals surface area contributed by atoms with Crippen LogP contribution < -0.4 is 10.6 Å². The van der Waals surface area contributed by atoms with Gasteiger partial charge >= 0.3 is 6.03 Å². The molecule has 0 spiro atoms. The maximum absolute atomic E-state index is 12.7. The van der Waals surface area contributed by atoms with Gasteiger partial charge in [0.25, 0.3) is 0 Å². The van der Waals surface area contributed by atoms with E-state index in [1.54, 1.807) is 4.90 Å². The monoisotopic (exact) mass is 361 g/mol. The van der Waals surface area contributed by atoms with Crippen LogP contribution in [0.3, 0.4) is 0 Å². The average Bonchev–Trinajstić information content (AvgIpc) is 2.90. The maximum Gasteiger partial charge on any atom is 0.315 e. The third kappa shape index (κ3) is 5.07. The van der Waals surface area contributed by atoms with E-state index in [-0.39, 0.29) is 29.4 Å². The Balaban J connectivity index is 1.95. The van der Waals surface area contributed by atoms with Crippen LogP contribution in [0.5, 0.6) is 0 Å². The van der Waals surface area contributed by atoms with Crippen molar-refractivity contribution in [3.63, 3.8) is 0 Å². The van der Waals surface area contributed by atoms with Gasteiger partial charge in [0.05, 0.1) is 24.7 Å². The first-order chi connectivity index (χ1) is 11.3. The third-order valence-corrected chi connectivity index (χ3v) is 6.42. The molecule has 2 heterocycles. The zero-order valence-corrected chi connectivity index (χ0v) is 15.1. The molecule has 2 aliphatic heterocycles. The van der Waals surface area contributed by atoms with E-state index in [0.29, 0.717) is 32.7 Å². The van der Waals surface area contributed by atoms with E-state index in [2.05, 4.69) is 10.6 Å². The lowest BCUT2D eigenvalue weighted by molar-refractivity contribution is -0.138. The number of hydrogen-bond donors (Lipinski definition) is 2. The van der Waals surface area contributed by atoms with Crippen molar-refractivity contribution in [2.45, 2.75) is 38.8 Å². The summed E-state index contributed by atoms with van der Waals surface area (Å²) >= 11 is 0. The summed E-state index contributed by atoms with van der Waals surface area (Å²) in [7, 11) is -3.06. The number of hydrogen-bond acceptors (Lipinski definition) is 5. The summed E-state index contributed by atoms with van der Waals surface area (Å²) in [4.78, 5) is 26.6. The number of urea groups is 1. The molecule has 24 heavy (non-hydrogen) atoms. The van der Waals surface area contributed by atoms with Gasteiger partial charge in [-0.05, 0) is 12.3 Å². The van der Waals surface area contributed by atoms with Crippen LogP contribution in [0.4, 0.5) is 4.79 Å². The van der Waals surface area contributed by atoms with Crippen molar-refractivity contribution in [2.75, 3.05) is 37.8 Å². The molecule has 0 aromatic heterocycles. The Morgan fingerprint density at radius 3 is 2.50 bits per heavy atom. The Hall–Kier alpha value is -1.35. The van der Waals surface area contributed by atoms with Crippen LogP contribution in [0.25, 0.3) is 0 Å². The lowest BCUT2D eigenvalue weighted by Crippen LogP contribution is -2.57. The number of sulfone groups is 1. The first-order valence-electron chi connectivity index (χ1n) is 8.46. The minimum atomic E-state index is -3.06. The first kappa shape index (κ1) is 19.0. The van der Waals surface area contributed by atoms with E-state index in [0.717, 1.165) is 6.42 Å². The maximum atomic E-state index is 12.7. The topological polar surface area (TPSA) is 105 Å². The van der Waals surface area contributed by atoms with Gasteiger partial charge in [0.1, 0.15) is 6.04 Å². The Labute approximate surface area is 143 Å². The van der Waals surface area contributed by atoms with E-state index in [1.165, 1.54) is 0 Å². The molecule has 8 nitrogen and oxygen atoms in total. The Morgan fingerprint density at radius 2 is 1.96 bits per heavy atom. The number of nitrogens with one attached hydrogen (secondary N) is 2. The van der Waals surface area contributed by atoms with Crippen molar-refractivity contribution in [2.24, 2.45) is 5.92 Å². The summed E-state index contributed by atoms with van der Waals surface area (Å²) in [6.45, 7) is 5.94. The van der Waals surface area contributed by atoms with Gasteiger partial charge in [-0.3, -0.25) is 4.79 Å². The number of rotatable bonds is 5. The van der Waals surface area contributed by atoms with Crippen LogP contribution in [-0.2, 0) is 19.4 Å². The Kier molecular flexibility index (Phi) is 6.45. The molecule has 2 N–H and O–H groups in total. The largest absolute Gasteiger partial charge is 0.378 e. The molecule has 3 amide bonds. The fraction of sp³-hybridized carbons (Fsp3) is 0.867. The lowest BCUT2D eigenvalue weighted by Gasteiger charge is -2.33. The second-order valence-electron chi connectivity index (χ2n) is 6.52. The highest BCUT2D eigenvalue weighted by Crippen LogP contribution is 2.14. The highest BCUT2D eigenvalue weighted by atomic mass is 32.2. The molecule has 138 valence electrons. The van der Waals surface area contributed by atoms with E-state index in [4.69, 9.17) is 4.74 Å². The predicted octanol–water partition coefficient (Wildman–Crippen LogP) is -0.254. The zero-order chi connectivity index (χ0) is 17.7. The normalized spacial score (nSPS) is 25.8. The van der Waals surface area contributed by atoms with Crippen molar-refractivity contribution >= 4 is 21.8 Å². The van der Waals surface area contributed by atoms with Gasteiger partial charge in [-0.2, -0.15) is 0 Å². The van der Waals surface area contributed by atoms with Crippen LogP contribution >= 0.6 is 0 Å². The van der Waals surface area contributed by atoms with Crippen molar-refractivity contribution in [3.05, 3.63) is 0 Å². The van der Waals surface area contributed by atoms with E-state index in [1.807, 2.05) is 13.8 Å². The fourth-order valence-corrected chi connectivity index (χ4v) is 4.61. The van der Waals surface area contributed by atoms with Gasteiger partial charge in [-0.1, -0.05) is 20.3 Å². The summed E-state index contributed by atoms with van der Waals surface area (Å²) in [5.74, 6) is -0.0640. The zero-order valence-electron chi connectivity index (χ0n) is 14.3. The summed E-state index contributed by atoms with van der Waals surface area (Å²) in [5.41, 5.74) is 0. The smallest absolute Gasteiger partial charge is 0.315 e. The molecule has 0 saturated carbocycles.